The molecule has 2 atom stereocenters. The van der Waals surface area contributed by atoms with Crippen LogP contribution in [0.2, 0.25) is 0 Å². The second-order valence-electron chi connectivity index (χ2n) is 6.83. The largest absolute Gasteiger partial charge is 0.468 e. The molecule has 0 radical (unpaired) electrons. The fourth-order valence-electron chi connectivity index (χ4n) is 2.76. The van der Waals surface area contributed by atoms with E-state index in [1.54, 1.807) is 66.0 Å². The fraction of sp³-hybridized carbons (Fsp3) is 0.318. The van der Waals surface area contributed by atoms with Crippen molar-refractivity contribution >= 4 is 18.0 Å². The van der Waals surface area contributed by atoms with Gasteiger partial charge in [-0.3, -0.25) is 9.59 Å². The molecule has 172 valence electrons. The van der Waals surface area contributed by atoms with Crippen LogP contribution >= 0.6 is 0 Å². The van der Waals surface area contributed by atoms with E-state index in [0.29, 0.717) is 11.1 Å². The summed E-state index contributed by atoms with van der Waals surface area (Å²) in [6.07, 6.45) is -3.85. The number of alkyl carbamates (subject to hydrolysis) is 1. The van der Waals surface area contributed by atoms with Crippen LogP contribution in [-0.2, 0) is 32.1 Å². The summed E-state index contributed by atoms with van der Waals surface area (Å²) in [4.78, 5) is 35.2. The zero-order valence-corrected chi connectivity index (χ0v) is 17.3. The lowest BCUT2D eigenvalue weighted by Gasteiger charge is -2.29. The highest BCUT2D eigenvalue weighted by molar-refractivity contribution is 5.87. The lowest BCUT2D eigenvalue weighted by atomic mass is 9.96. The maximum atomic E-state index is 14.6. The average Bonchev–Trinajstić information content (AvgIpc) is 2.81. The second-order valence-corrected chi connectivity index (χ2v) is 6.83. The Balaban J connectivity index is 2.11. The highest BCUT2D eigenvalue weighted by atomic mass is 19.3. The lowest BCUT2D eigenvalue weighted by Crippen LogP contribution is -2.58. The lowest BCUT2D eigenvalue weighted by molar-refractivity contribution is -0.167. The number of hydrogen-bond donors (Lipinski definition) is 3. The number of methoxy groups -OCH3 is 1. The molecule has 0 aliphatic heterocycles. The first-order valence-electron chi connectivity index (χ1n) is 9.66. The van der Waals surface area contributed by atoms with Gasteiger partial charge >= 0.3 is 18.0 Å². The summed E-state index contributed by atoms with van der Waals surface area (Å²) in [6, 6.07) is 15.4. The number of benzene rings is 2. The number of nitrogens with one attached hydrogen (secondary N) is 2. The Morgan fingerprint density at radius 3 is 2.12 bits per heavy atom. The predicted octanol–water partition coefficient (Wildman–Crippen LogP) is 1.81. The van der Waals surface area contributed by atoms with Gasteiger partial charge in [0.25, 0.3) is 5.91 Å². The number of esters is 1. The van der Waals surface area contributed by atoms with Crippen LogP contribution in [0.5, 0.6) is 0 Å². The summed E-state index contributed by atoms with van der Waals surface area (Å²) in [7, 11) is 1.03. The highest BCUT2D eigenvalue weighted by Crippen LogP contribution is 2.24. The maximum Gasteiger partial charge on any atom is 0.407 e. The Kier molecular flexibility index (Phi) is 9.08. The Morgan fingerprint density at radius 1 is 1.00 bits per heavy atom. The number of rotatable bonds is 10. The molecule has 0 saturated heterocycles. The molecule has 0 aliphatic carbocycles. The smallest absolute Gasteiger partial charge is 0.407 e. The number of carbonyl (C=O) groups is 3. The fourth-order valence-corrected chi connectivity index (χ4v) is 2.76. The van der Waals surface area contributed by atoms with Crippen LogP contribution in [0.15, 0.2) is 60.7 Å². The molecule has 10 heteroatoms. The monoisotopic (exact) mass is 450 g/mol. The first kappa shape index (κ1) is 24.7. The summed E-state index contributed by atoms with van der Waals surface area (Å²) in [6.45, 7) is -0.912. The van der Waals surface area contributed by atoms with Crippen LogP contribution < -0.4 is 10.6 Å². The Labute approximate surface area is 183 Å². The van der Waals surface area contributed by atoms with Crippen molar-refractivity contribution in [3.63, 3.8) is 0 Å². The van der Waals surface area contributed by atoms with E-state index in [-0.39, 0.29) is 13.0 Å². The van der Waals surface area contributed by atoms with Crippen LogP contribution in [-0.4, -0.2) is 54.8 Å². The summed E-state index contributed by atoms with van der Waals surface area (Å²) < 4.78 is 38.6. The minimum atomic E-state index is -4.32. The standard InChI is InChI=1S/C22H24F2N2O6/c1-31-18(27)13-25-20(29)22(23,24)19(28)17(12-15-8-4-2-5-9-15)26-21(30)32-14-16-10-6-3-7-11-16/h2-11,17,19,28H,12-14H2,1H3,(H,25,29)(H,26,30). The van der Waals surface area contributed by atoms with E-state index in [9.17, 15) is 28.3 Å². The van der Waals surface area contributed by atoms with Crippen LogP contribution in [0, 0.1) is 0 Å². The summed E-state index contributed by atoms with van der Waals surface area (Å²) >= 11 is 0. The quantitative estimate of drug-likeness (QED) is 0.476. The summed E-state index contributed by atoms with van der Waals surface area (Å²) in [5.41, 5.74) is 1.21. The molecule has 0 fully saturated rings. The van der Waals surface area contributed by atoms with E-state index in [0.717, 1.165) is 7.11 Å². The number of aliphatic hydroxyl groups is 1. The molecule has 0 spiro atoms. The number of amides is 2. The van der Waals surface area contributed by atoms with Gasteiger partial charge in [0.2, 0.25) is 0 Å². The predicted molar refractivity (Wildman–Crippen MR) is 110 cm³/mol. The molecular weight excluding hydrogens is 426 g/mol. The molecule has 2 aromatic carbocycles. The SMILES string of the molecule is COC(=O)CNC(=O)C(F)(F)C(O)C(Cc1ccccc1)NC(=O)OCc1ccccc1. The molecular formula is C22H24F2N2O6. The van der Waals surface area contributed by atoms with E-state index in [2.05, 4.69) is 10.1 Å². The van der Waals surface area contributed by atoms with E-state index in [1.165, 1.54) is 0 Å². The van der Waals surface area contributed by atoms with Crippen molar-refractivity contribution in [1.29, 1.82) is 0 Å². The third-order valence-electron chi connectivity index (χ3n) is 4.49. The van der Waals surface area contributed by atoms with E-state index in [1.807, 2.05) is 0 Å². The minimum absolute atomic E-state index is 0.114. The van der Waals surface area contributed by atoms with Gasteiger partial charge in [-0.05, 0) is 17.5 Å². The summed E-state index contributed by atoms with van der Waals surface area (Å²) in [5, 5.41) is 14.2. The Morgan fingerprint density at radius 2 is 1.56 bits per heavy atom. The van der Waals surface area contributed by atoms with Gasteiger partial charge in [-0.15, -0.1) is 0 Å². The molecule has 2 rings (SSSR count). The normalized spacial score (nSPS) is 12.9. The van der Waals surface area contributed by atoms with Gasteiger partial charge in [-0.25, -0.2) is 4.79 Å². The topological polar surface area (TPSA) is 114 Å². The molecule has 0 bridgehead atoms. The molecule has 0 aromatic heterocycles. The third-order valence-corrected chi connectivity index (χ3v) is 4.49. The van der Waals surface area contributed by atoms with Crippen molar-refractivity contribution < 1.29 is 37.7 Å². The molecule has 3 N–H and O–H groups in total. The zero-order valence-electron chi connectivity index (χ0n) is 17.3. The highest BCUT2D eigenvalue weighted by Gasteiger charge is 2.50. The van der Waals surface area contributed by atoms with Crippen LogP contribution in [0.4, 0.5) is 13.6 Å². The molecule has 2 amide bonds. The van der Waals surface area contributed by atoms with Crippen molar-refractivity contribution in [2.75, 3.05) is 13.7 Å². The van der Waals surface area contributed by atoms with Gasteiger partial charge in [0.05, 0.1) is 13.2 Å². The Hall–Kier alpha value is -3.53. The molecule has 0 aliphatic rings. The number of hydrogen-bond acceptors (Lipinski definition) is 6. The number of halogens is 2. The number of aliphatic hydroxyl groups excluding tert-OH is 1. The van der Waals surface area contributed by atoms with Crippen LogP contribution in [0.1, 0.15) is 11.1 Å². The van der Waals surface area contributed by atoms with Crippen molar-refractivity contribution in [3.8, 4) is 0 Å². The number of ether oxygens (including phenoxy) is 2. The zero-order chi connectivity index (χ0) is 23.6. The van der Waals surface area contributed by atoms with Crippen molar-refractivity contribution in [3.05, 3.63) is 71.8 Å². The molecule has 2 aromatic rings. The van der Waals surface area contributed by atoms with Crippen LogP contribution in [0.3, 0.4) is 0 Å². The molecule has 8 nitrogen and oxygen atoms in total. The first-order valence-corrected chi connectivity index (χ1v) is 9.66. The third kappa shape index (κ3) is 7.31. The van der Waals surface area contributed by atoms with Crippen molar-refractivity contribution in [2.24, 2.45) is 0 Å². The van der Waals surface area contributed by atoms with E-state index < -0.39 is 42.6 Å². The van der Waals surface area contributed by atoms with Gasteiger partial charge < -0.3 is 25.2 Å². The Bertz CT molecular complexity index is 896. The van der Waals surface area contributed by atoms with Gasteiger partial charge in [0, 0.05) is 0 Å². The van der Waals surface area contributed by atoms with Gasteiger partial charge in [0.1, 0.15) is 19.3 Å². The van der Waals surface area contributed by atoms with Gasteiger partial charge in [0.15, 0.2) is 0 Å². The minimum Gasteiger partial charge on any atom is -0.468 e. The van der Waals surface area contributed by atoms with E-state index in [4.69, 9.17) is 4.74 Å². The van der Waals surface area contributed by atoms with Gasteiger partial charge in [-0.1, -0.05) is 60.7 Å². The van der Waals surface area contributed by atoms with Crippen molar-refractivity contribution in [1.82, 2.24) is 10.6 Å². The average molecular weight is 450 g/mol. The molecule has 32 heavy (non-hydrogen) atoms. The van der Waals surface area contributed by atoms with Gasteiger partial charge in [-0.2, -0.15) is 8.78 Å². The number of alkyl halides is 2. The summed E-state index contributed by atoms with van der Waals surface area (Å²) in [5.74, 6) is -7.14. The van der Waals surface area contributed by atoms with E-state index >= 15 is 0 Å². The van der Waals surface area contributed by atoms with Crippen LogP contribution in [0.25, 0.3) is 0 Å². The molecule has 0 heterocycles. The first-order chi connectivity index (χ1) is 15.2. The second kappa shape index (κ2) is 11.8. The maximum absolute atomic E-state index is 14.6. The van der Waals surface area contributed by atoms with Crippen molar-refractivity contribution in [2.45, 2.75) is 31.1 Å². The number of carbonyl (C=O) groups excluding carboxylic acids is 3. The molecule has 0 saturated carbocycles. The molecule has 2 unspecified atom stereocenters.